The van der Waals surface area contributed by atoms with E-state index < -0.39 is 5.97 Å². The first-order valence-corrected chi connectivity index (χ1v) is 13.1. The summed E-state index contributed by atoms with van der Waals surface area (Å²) in [6.45, 7) is 6.03. The van der Waals surface area contributed by atoms with E-state index in [2.05, 4.69) is 10.3 Å². The lowest BCUT2D eigenvalue weighted by Gasteiger charge is -2.12. The third kappa shape index (κ3) is 6.18. The number of benzene rings is 3. The van der Waals surface area contributed by atoms with Gasteiger partial charge in [-0.3, -0.25) is 4.79 Å². The quantitative estimate of drug-likeness (QED) is 0.231. The molecule has 4 rings (SSSR count). The zero-order valence-corrected chi connectivity index (χ0v) is 22.7. The molecule has 0 saturated heterocycles. The maximum Gasteiger partial charge on any atom is 0.331 e. The maximum absolute atomic E-state index is 13.1. The van der Waals surface area contributed by atoms with Gasteiger partial charge >= 0.3 is 5.97 Å². The van der Waals surface area contributed by atoms with Gasteiger partial charge in [0.05, 0.1) is 7.11 Å². The first-order chi connectivity index (χ1) is 18.3. The molecule has 1 heterocycles. The van der Waals surface area contributed by atoms with Crippen LogP contribution in [-0.4, -0.2) is 29.1 Å². The molecule has 0 bridgehead atoms. The minimum Gasteiger partial charge on any atom is -0.496 e. The minimum absolute atomic E-state index is 0.238. The Labute approximate surface area is 226 Å². The number of aryl methyl sites for hydroxylation is 2. The van der Waals surface area contributed by atoms with Gasteiger partial charge in [-0.2, -0.15) is 0 Å². The average Bonchev–Trinajstić information content (AvgIpc) is 3.32. The van der Waals surface area contributed by atoms with Gasteiger partial charge < -0.3 is 15.2 Å². The highest BCUT2D eigenvalue weighted by molar-refractivity contribution is 7.15. The highest BCUT2D eigenvalue weighted by Gasteiger charge is 2.17. The lowest BCUT2D eigenvalue weighted by Crippen LogP contribution is -2.24. The number of aliphatic carboxylic acids is 1. The molecule has 4 aromatic rings. The summed E-state index contributed by atoms with van der Waals surface area (Å²) in [4.78, 5) is 29.9. The van der Waals surface area contributed by atoms with E-state index in [1.807, 2.05) is 87.5 Å². The van der Waals surface area contributed by atoms with Crippen molar-refractivity contribution in [2.45, 2.75) is 33.7 Å². The van der Waals surface area contributed by atoms with E-state index in [9.17, 15) is 14.7 Å². The number of carboxylic acids is 1. The van der Waals surface area contributed by atoms with E-state index in [0.29, 0.717) is 23.4 Å². The molecule has 0 fully saturated rings. The number of methoxy groups -OCH3 is 1. The molecule has 38 heavy (non-hydrogen) atoms. The highest BCUT2D eigenvalue weighted by Crippen LogP contribution is 2.30. The van der Waals surface area contributed by atoms with Crippen molar-refractivity contribution < 1.29 is 19.4 Å². The van der Waals surface area contributed by atoms with Gasteiger partial charge in [0.2, 0.25) is 0 Å². The summed E-state index contributed by atoms with van der Waals surface area (Å²) in [7, 11) is 1.60. The van der Waals surface area contributed by atoms with Gasteiger partial charge in [0.15, 0.2) is 0 Å². The van der Waals surface area contributed by atoms with E-state index >= 15 is 0 Å². The summed E-state index contributed by atoms with van der Waals surface area (Å²) >= 11 is 1.50. The van der Waals surface area contributed by atoms with Crippen LogP contribution >= 0.6 is 11.3 Å². The Bertz CT molecular complexity index is 1500. The van der Waals surface area contributed by atoms with Crippen LogP contribution in [-0.2, 0) is 11.3 Å². The first-order valence-electron chi connectivity index (χ1n) is 12.3. The Balaban J connectivity index is 1.55. The number of carbonyl (C=O) groups excluding carboxylic acids is 1. The van der Waals surface area contributed by atoms with Gasteiger partial charge in [0, 0.05) is 28.1 Å². The molecule has 0 spiro atoms. The van der Waals surface area contributed by atoms with Crippen LogP contribution in [0.4, 0.5) is 0 Å². The second kappa shape index (κ2) is 11.9. The topological polar surface area (TPSA) is 88.5 Å². The molecule has 7 heteroatoms. The molecule has 2 N–H and O–H groups in total. The van der Waals surface area contributed by atoms with Crippen LogP contribution in [0.3, 0.4) is 0 Å². The van der Waals surface area contributed by atoms with E-state index in [1.54, 1.807) is 13.2 Å². The van der Waals surface area contributed by atoms with Gasteiger partial charge in [-0.1, -0.05) is 61.0 Å². The van der Waals surface area contributed by atoms with Crippen LogP contribution in [0.2, 0.25) is 0 Å². The van der Waals surface area contributed by atoms with E-state index in [1.165, 1.54) is 16.9 Å². The number of thiazole rings is 1. The number of aromatic nitrogens is 1. The van der Waals surface area contributed by atoms with Crippen LogP contribution in [0.5, 0.6) is 5.75 Å². The Morgan fingerprint density at radius 1 is 1.00 bits per heavy atom. The lowest BCUT2D eigenvalue weighted by atomic mass is 9.99. The summed E-state index contributed by atoms with van der Waals surface area (Å²) in [6.07, 6.45) is 2.13. The zero-order valence-electron chi connectivity index (χ0n) is 21.9. The number of ether oxygens (including phenoxy) is 1. The molecule has 194 valence electrons. The van der Waals surface area contributed by atoms with Crippen molar-refractivity contribution >= 4 is 29.3 Å². The molecule has 0 aliphatic carbocycles. The standard InChI is InChI=1S/C31H30N2O4S/c1-5-22(31(35)36)15-21-7-6-8-24(16-21)25-13-14-27(37-4)26(17-25)18-32-29(34)28-20(3)38-30(33-28)23-11-9-19(2)10-12-23/h6-17H,5,18H2,1-4H3,(H,32,34)(H,35,36). The zero-order chi connectivity index (χ0) is 27.2. The molecule has 3 aromatic carbocycles. The second-order valence-corrected chi connectivity index (χ2v) is 10.2. The van der Waals surface area contributed by atoms with Crippen LogP contribution in [0, 0.1) is 13.8 Å². The predicted octanol–water partition coefficient (Wildman–Crippen LogP) is 6.91. The molecule has 1 amide bonds. The first kappa shape index (κ1) is 26.8. The van der Waals surface area contributed by atoms with E-state index in [0.717, 1.165) is 37.7 Å². The molecular formula is C31H30N2O4S. The Hall–Kier alpha value is -4.23. The smallest absolute Gasteiger partial charge is 0.331 e. The fraction of sp³-hybridized carbons (Fsp3) is 0.194. The second-order valence-electron chi connectivity index (χ2n) is 8.95. The molecule has 0 atom stereocenters. The van der Waals surface area contributed by atoms with Crippen molar-refractivity contribution in [1.82, 2.24) is 10.3 Å². The molecule has 0 aliphatic rings. The third-order valence-corrected chi connectivity index (χ3v) is 7.27. The predicted molar refractivity (Wildman–Crippen MR) is 153 cm³/mol. The Kier molecular flexibility index (Phi) is 8.38. The molecule has 1 aromatic heterocycles. The monoisotopic (exact) mass is 526 g/mol. The molecular weight excluding hydrogens is 496 g/mol. The fourth-order valence-electron chi connectivity index (χ4n) is 4.11. The minimum atomic E-state index is -0.915. The Morgan fingerprint density at radius 2 is 1.71 bits per heavy atom. The molecule has 0 saturated carbocycles. The van der Waals surface area contributed by atoms with Crippen LogP contribution in [0.1, 0.15) is 45.4 Å². The maximum atomic E-state index is 13.1. The van der Waals surface area contributed by atoms with Crippen LogP contribution in [0.25, 0.3) is 27.8 Å². The van der Waals surface area contributed by atoms with Gasteiger partial charge in [0.25, 0.3) is 5.91 Å². The number of rotatable bonds is 9. The molecule has 0 radical (unpaired) electrons. The number of nitrogens with one attached hydrogen (secondary N) is 1. The summed E-state index contributed by atoms with van der Waals surface area (Å²) in [5, 5.41) is 13.2. The van der Waals surface area contributed by atoms with Crippen molar-refractivity contribution in [3.63, 3.8) is 0 Å². The van der Waals surface area contributed by atoms with Crippen molar-refractivity contribution in [3.05, 3.63) is 99.6 Å². The van der Waals surface area contributed by atoms with Gasteiger partial charge in [-0.05, 0) is 61.2 Å². The Morgan fingerprint density at radius 3 is 2.39 bits per heavy atom. The number of hydrogen-bond acceptors (Lipinski definition) is 5. The molecule has 0 aliphatic heterocycles. The highest BCUT2D eigenvalue weighted by atomic mass is 32.1. The van der Waals surface area contributed by atoms with E-state index in [-0.39, 0.29) is 12.5 Å². The molecule has 0 unspecified atom stereocenters. The van der Waals surface area contributed by atoms with Crippen LogP contribution < -0.4 is 10.1 Å². The van der Waals surface area contributed by atoms with Crippen molar-refractivity contribution in [1.29, 1.82) is 0 Å². The summed E-state index contributed by atoms with van der Waals surface area (Å²) < 4.78 is 5.55. The van der Waals surface area contributed by atoms with E-state index in [4.69, 9.17) is 4.74 Å². The normalized spacial score (nSPS) is 11.3. The van der Waals surface area contributed by atoms with Gasteiger partial charge in [-0.15, -0.1) is 11.3 Å². The van der Waals surface area contributed by atoms with Crippen molar-refractivity contribution in [2.24, 2.45) is 0 Å². The molecule has 6 nitrogen and oxygen atoms in total. The number of nitrogens with zero attached hydrogens (tertiary/aromatic N) is 1. The van der Waals surface area contributed by atoms with Crippen molar-refractivity contribution in [3.8, 4) is 27.4 Å². The number of hydrogen-bond donors (Lipinski definition) is 2. The van der Waals surface area contributed by atoms with Gasteiger partial charge in [-0.25, -0.2) is 9.78 Å². The van der Waals surface area contributed by atoms with Crippen molar-refractivity contribution in [2.75, 3.05) is 7.11 Å². The SMILES string of the molecule is CCC(=Cc1cccc(-c2ccc(OC)c(CNC(=O)c3nc(-c4ccc(C)cc4)sc3C)c2)c1)C(=O)O. The lowest BCUT2D eigenvalue weighted by molar-refractivity contribution is -0.132. The largest absolute Gasteiger partial charge is 0.496 e. The summed E-state index contributed by atoms with van der Waals surface area (Å²) in [5.41, 5.74) is 6.45. The third-order valence-electron chi connectivity index (χ3n) is 6.25. The summed E-state index contributed by atoms with van der Waals surface area (Å²) in [6, 6.07) is 21.6. The van der Waals surface area contributed by atoms with Gasteiger partial charge in [0.1, 0.15) is 16.5 Å². The average molecular weight is 527 g/mol. The number of carbonyl (C=O) groups is 2. The fourth-order valence-corrected chi connectivity index (χ4v) is 5.02. The number of carboxylic acid groups (broad SMARTS) is 1. The number of amides is 1. The van der Waals surface area contributed by atoms with Crippen LogP contribution in [0.15, 0.2) is 72.3 Å². The summed E-state index contributed by atoms with van der Waals surface area (Å²) in [5.74, 6) is -0.487.